The first-order valence-corrected chi connectivity index (χ1v) is 9.29. The fraction of sp³-hybridized carbons (Fsp3) is 0.579. The van der Waals surface area contributed by atoms with Gasteiger partial charge in [0.2, 0.25) is 5.91 Å². The van der Waals surface area contributed by atoms with Crippen LogP contribution in [0.1, 0.15) is 39.4 Å². The molecular formula is C19H27N5O2. The summed E-state index contributed by atoms with van der Waals surface area (Å²) in [6, 6.07) is 3.88. The molecule has 0 saturated carbocycles. The first kappa shape index (κ1) is 18.4. The lowest BCUT2D eigenvalue weighted by molar-refractivity contribution is -0.130. The first-order chi connectivity index (χ1) is 12.5. The molecule has 1 N–H and O–H groups in total. The number of carbonyl (C=O) groups excluding carboxylic acids is 1. The summed E-state index contributed by atoms with van der Waals surface area (Å²) < 4.78 is 5.32. The predicted octanol–water partition coefficient (Wildman–Crippen LogP) is 3.00. The van der Waals surface area contributed by atoms with Gasteiger partial charge in [0.15, 0.2) is 5.82 Å². The monoisotopic (exact) mass is 357 g/mol. The second-order valence-electron chi connectivity index (χ2n) is 7.38. The van der Waals surface area contributed by atoms with E-state index in [2.05, 4.69) is 34.3 Å². The summed E-state index contributed by atoms with van der Waals surface area (Å²) in [5.41, 5.74) is 0.827. The molecule has 3 heterocycles. The Labute approximate surface area is 154 Å². The van der Waals surface area contributed by atoms with E-state index >= 15 is 0 Å². The molecule has 3 rings (SSSR count). The van der Waals surface area contributed by atoms with Crippen molar-refractivity contribution in [3.63, 3.8) is 0 Å². The van der Waals surface area contributed by atoms with Gasteiger partial charge in [-0.25, -0.2) is 4.98 Å². The normalized spacial score (nSPS) is 15.5. The van der Waals surface area contributed by atoms with E-state index in [1.54, 1.807) is 13.1 Å². The van der Waals surface area contributed by atoms with Gasteiger partial charge in [-0.1, -0.05) is 19.0 Å². The van der Waals surface area contributed by atoms with Gasteiger partial charge in [-0.15, -0.1) is 0 Å². The number of amides is 1. The zero-order chi connectivity index (χ0) is 18.5. The maximum Gasteiger partial charge on any atom is 0.259 e. The van der Waals surface area contributed by atoms with Gasteiger partial charge in [-0.05, 0) is 36.8 Å². The number of likely N-dealkylation sites (tertiary alicyclic amines) is 1. The van der Waals surface area contributed by atoms with Crippen molar-refractivity contribution >= 4 is 11.7 Å². The van der Waals surface area contributed by atoms with Crippen LogP contribution in [0, 0.1) is 11.8 Å². The molecule has 140 valence electrons. The van der Waals surface area contributed by atoms with Crippen LogP contribution in [0.15, 0.2) is 22.9 Å². The number of aromatic nitrogens is 3. The van der Waals surface area contributed by atoms with Crippen LogP contribution in [-0.4, -0.2) is 45.6 Å². The maximum atomic E-state index is 11.4. The predicted molar refractivity (Wildman–Crippen MR) is 99.5 cm³/mol. The van der Waals surface area contributed by atoms with E-state index < -0.39 is 0 Å². The van der Waals surface area contributed by atoms with Crippen LogP contribution in [0.4, 0.5) is 5.82 Å². The molecule has 26 heavy (non-hydrogen) atoms. The molecule has 0 radical (unpaired) electrons. The highest BCUT2D eigenvalue weighted by Gasteiger charge is 2.20. The zero-order valence-corrected chi connectivity index (χ0v) is 15.7. The summed E-state index contributed by atoms with van der Waals surface area (Å²) in [5.74, 6) is 3.32. The standard InChI is InChI=1S/C19H27N5O2/c1-13(2)10-18-22-19(26-23-18)16-4-5-17(21-12-16)20-11-15-6-8-24(9-7-15)14(3)25/h4-5,12-13,15H,6-11H2,1-3H3,(H,20,21). The molecule has 0 bridgehead atoms. The lowest BCUT2D eigenvalue weighted by Crippen LogP contribution is -2.38. The number of carbonyl (C=O) groups is 1. The first-order valence-electron chi connectivity index (χ1n) is 9.29. The Morgan fingerprint density at radius 3 is 2.73 bits per heavy atom. The van der Waals surface area contributed by atoms with Crippen LogP contribution in [0.25, 0.3) is 11.5 Å². The minimum atomic E-state index is 0.172. The average molecular weight is 357 g/mol. The molecule has 2 aromatic rings. The van der Waals surface area contributed by atoms with Crippen LogP contribution in [0.5, 0.6) is 0 Å². The molecule has 1 fully saturated rings. The Bertz CT molecular complexity index is 718. The summed E-state index contributed by atoms with van der Waals surface area (Å²) in [5, 5.41) is 7.40. The molecule has 2 aromatic heterocycles. The van der Waals surface area contributed by atoms with Crippen LogP contribution in [-0.2, 0) is 11.2 Å². The van der Waals surface area contributed by atoms with Gasteiger partial charge in [0.25, 0.3) is 5.89 Å². The van der Waals surface area contributed by atoms with Crippen LogP contribution >= 0.6 is 0 Å². The molecule has 0 aromatic carbocycles. The maximum absolute atomic E-state index is 11.4. The van der Waals surface area contributed by atoms with Gasteiger partial charge in [-0.2, -0.15) is 4.98 Å². The van der Waals surface area contributed by atoms with Gasteiger partial charge in [0.05, 0.1) is 5.56 Å². The Morgan fingerprint density at radius 1 is 1.35 bits per heavy atom. The summed E-state index contributed by atoms with van der Waals surface area (Å²) in [4.78, 5) is 22.2. The molecule has 0 aliphatic carbocycles. The molecule has 0 spiro atoms. The lowest BCUT2D eigenvalue weighted by atomic mass is 9.97. The second-order valence-corrected chi connectivity index (χ2v) is 7.38. The van der Waals surface area contributed by atoms with E-state index in [-0.39, 0.29) is 5.91 Å². The number of rotatable bonds is 6. The van der Waals surface area contributed by atoms with Crippen LogP contribution in [0.2, 0.25) is 0 Å². The van der Waals surface area contributed by atoms with E-state index in [9.17, 15) is 4.79 Å². The molecule has 1 amide bonds. The Hall–Kier alpha value is -2.44. The van der Waals surface area contributed by atoms with Gasteiger partial charge >= 0.3 is 0 Å². The number of pyridine rings is 1. The largest absolute Gasteiger partial charge is 0.370 e. The third kappa shape index (κ3) is 4.80. The highest BCUT2D eigenvalue weighted by atomic mass is 16.5. The molecule has 1 saturated heterocycles. The summed E-state index contributed by atoms with van der Waals surface area (Å²) in [6.45, 7) is 8.47. The van der Waals surface area contributed by atoms with Gasteiger partial charge in [0, 0.05) is 39.2 Å². The third-order valence-corrected chi connectivity index (χ3v) is 4.70. The number of nitrogens with one attached hydrogen (secondary N) is 1. The molecule has 1 aliphatic rings. The van der Waals surface area contributed by atoms with E-state index in [1.165, 1.54) is 0 Å². The fourth-order valence-corrected chi connectivity index (χ4v) is 3.15. The topological polar surface area (TPSA) is 84.2 Å². The third-order valence-electron chi connectivity index (χ3n) is 4.70. The molecule has 1 aliphatic heterocycles. The van der Waals surface area contributed by atoms with Crippen LogP contribution < -0.4 is 5.32 Å². The van der Waals surface area contributed by atoms with E-state index in [1.807, 2.05) is 17.0 Å². The van der Waals surface area contributed by atoms with Crippen molar-refractivity contribution in [2.75, 3.05) is 25.0 Å². The Morgan fingerprint density at radius 2 is 2.12 bits per heavy atom. The Balaban J connectivity index is 1.50. The summed E-state index contributed by atoms with van der Waals surface area (Å²) >= 11 is 0. The van der Waals surface area contributed by atoms with Crippen molar-refractivity contribution in [1.82, 2.24) is 20.0 Å². The molecule has 7 heteroatoms. The number of hydrogen-bond acceptors (Lipinski definition) is 6. The highest BCUT2D eigenvalue weighted by molar-refractivity contribution is 5.73. The van der Waals surface area contributed by atoms with E-state index in [0.29, 0.717) is 17.7 Å². The van der Waals surface area contributed by atoms with E-state index in [0.717, 1.165) is 56.1 Å². The quantitative estimate of drug-likeness (QED) is 0.855. The number of anilines is 1. The fourth-order valence-electron chi connectivity index (χ4n) is 3.15. The van der Waals surface area contributed by atoms with Crippen molar-refractivity contribution in [1.29, 1.82) is 0 Å². The SMILES string of the molecule is CC(=O)N1CCC(CNc2ccc(-c3nc(CC(C)C)no3)cn2)CC1. The Kier molecular flexibility index (Phi) is 5.85. The number of piperidine rings is 1. The van der Waals surface area contributed by atoms with Crippen molar-refractivity contribution in [3.8, 4) is 11.5 Å². The van der Waals surface area contributed by atoms with Crippen molar-refractivity contribution < 1.29 is 9.32 Å². The molecule has 0 unspecified atom stereocenters. The summed E-state index contributed by atoms with van der Waals surface area (Å²) in [6.07, 6.45) is 4.63. The number of nitrogens with zero attached hydrogens (tertiary/aromatic N) is 4. The molecular weight excluding hydrogens is 330 g/mol. The van der Waals surface area contributed by atoms with Crippen molar-refractivity contribution in [2.45, 2.75) is 40.0 Å². The smallest absolute Gasteiger partial charge is 0.259 e. The van der Waals surface area contributed by atoms with Crippen molar-refractivity contribution in [2.24, 2.45) is 11.8 Å². The average Bonchev–Trinajstić information content (AvgIpc) is 3.08. The second kappa shape index (κ2) is 8.29. The minimum absolute atomic E-state index is 0.172. The van der Waals surface area contributed by atoms with Gasteiger partial charge in [-0.3, -0.25) is 4.79 Å². The van der Waals surface area contributed by atoms with Gasteiger partial charge in [0.1, 0.15) is 5.82 Å². The molecule has 0 atom stereocenters. The summed E-state index contributed by atoms with van der Waals surface area (Å²) in [7, 11) is 0. The van der Waals surface area contributed by atoms with Crippen molar-refractivity contribution in [3.05, 3.63) is 24.2 Å². The highest BCUT2D eigenvalue weighted by Crippen LogP contribution is 2.20. The zero-order valence-electron chi connectivity index (χ0n) is 15.7. The minimum Gasteiger partial charge on any atom is -0.370 e. The molecule has 7 nitrogen and oxygen atoms in total. The van der Waals surface area contributed by atoms with E-state index in [4.69, 9.17) is 4.52 Å². The van der Waals surface area contributed by atoms with Crippen LogP contribution in [0.3, 0.4) is 0 Å². The number of hydrogen-bond donors (Lipinski definition) is 1. The lowest BCUT2D eigenvalue weighted by Gasteiger charge is -2.31. The van der Waals surface area contributed by atoms with Gasteiger partial charge < -0.3 is 14.7 Å².